The third-order valence-corrected chi connectivity index (χ3v) is 12.8. The number of carbonyl (C=O) groups excluding carboxylic acids is 4. The van der Waals surface area contributed by atoms with E-state index in [1.54, 1.807) is 0 Å². The van der Waals surface area contributed by atoms with Gasteiger partial charge in [0.25, 0.3) is 0 Å². The Morgan fingerprint density at radius 3 is 1.24 bits per heavy atom. The van der Waals surface area contributed by atoms with Crippen molar-refractivity contribution in [1.82, 2.24) is 0 Å². The molecule has 316 valence electrons. The van der Waals surface area contributed by atoms with E-state index in [-0.39, 0.29) is 163 Å². The standard InChI is InChI=1S/2C18H10N2O9S2.4Na/c21-17-12-4-2-11(31(27,28)29)8-13(12)18(22)16(17)15-5-1-9-7-10(30(24,25)26)3-6-14(9)20(15)19-23;21-17-11-6-5-10(30(24,25)26)8-12(11)18(22)15(17)13-7-4-9-2-1-3-14(31(27,28)29)16(9)20(13)19-23;;;;/h2*1-8H,(H,24,25,26)(H,27,28,29);;;;/q;;4*+1/p-4. The van der Waals surface area contributed by atoms with E-state index in [2.05, 4.69) is 10.6 Å². The van der Waals surface area contributed by atoms with Gasteiger partial charge < -0.3 is 18.2 Å². The van der Waals surface area contributed by atoms with Gasteiger partial charge in [0, 0.05) is 33.4 Å². The molecular formula is C36H16N4Na4O18S4. The number of fused-ring (bicyclic) bond motifs is 4. The summed E-state index contributed by atoms with van der Waals surface area (Å²) in [6.45, 7) is 0. The van der Waals surface area contributed by atoms with Crippen molar-refractivity contribution in [2.45, 2.75) is 19.6 Å². The van der Waals surface area contributed by atoms with Gasteiger partial charge in [-0.25, -0.2) is 33.7 Å². The summed E-state index contributed by atoms with van der Waals surface area (Å²) < 4.78 is 136. The van der Waals surface area contributed by atoms with Gasteiger partial charge in [0.1, 0.15) is 40.5 Å². The second-order valence-electron chi connectivity index (χ2n) is 12.9. The first-order valence-corrected chi connectivity index (χ1v) is 22.2. The molecule has 2 heterocycles. The number of allylic oxidation sites excluding steroid dienone is 4. The van der Waals surface area contributed by atoms with Crippen LogP contribution in [0.25, 0.3) is 12.2 Å². The van der Waals surface area contributed by atoms with E-state index in [0.717, 1.165) is 72.8 Å². The summed E-state index contributed by atoms with van der Waals surface area (Å²) in [7, 11) is -19.6. The maximum Gasteiger partial charge on any atom is 1.00 e. The van der Waals surface area contributed by atoms with Crippen LogP contribution in [0, 0.1) is 9.81 Å². The molecule has 8 rings (SSSR count). The van der Waals surface area contributed by atoms with Crippen LogP contribution < -0.4 is 128 Å². The Hall–Kier alpha value is -3.04. The molecule has 66 heavy (non-hydrogen) atoms. The fourth-order valence-electron chi connectivity index (χ4n) is 6.74. The summed E-state index contributed by atoms with van der Waals surface area (Å²) in [5, 5.41) is 6.62. The number of hydrogen-bond donors (Lipinski definition) is 0. The van der Waals surface area contributed by atoms with E-state index >= 15 is 0 Å². The number of rotatable bonds is 6. The van der Waals surface area contributed by atoms with Crippen molar-refractivity contribution in [3.8, 4) is 0 Å². The first kappa shape index (κ1) is 57.3. The SMILES string of the molecule is O=NN1C(=C2C(=O)c3ccc(S(=O)(=O)[O-])cc3C2=O)C=Cc2cc(S(=O)(=O)[O-])ccc21.O=NN1C(=C2C(=O)c3ccc(S(=O)(=O)[O-])cc3C2=O)C=Cc2cccc(S(=O)(=O)[O-])c21.[Na+].[Na+].[Na+].[Na+]. The molecule has 0 spiro atoms. The molecule has 2 aliphatic heterocycles. The van der Waals surface area contributed by atoms with E-state index in [0.29, 0.717) is 10.0 Å². The maximum atomic E-state index is 12.9. The largest absolute Gasteiger partial charge is 1.00 e. The molecule has 22 nitrogen and oxygen atoms in total. The van der Waals surface area contributed by atoms with Gasteiger partial charge in [0.2, 0.25) is 0 Å². The fraction of sp³-hybridized carbons (Fsp3) is 0. The Bertz CT molecular complexity index is 3440. The normalized spacial score (nSPS) is 17.1. The minimum atomic E-state index is -5.06. The number of benzene rings is 4. The van der Waals surface area contributed by atoms with Crippen molar-refractivity contribution in [2.75, 3.05) is 10.0 Å². The van der Waals surface area contributed by atoms with Gasteiger partial charge >= 0.3 is 118 Å². The molecule has 30 heteroatoms. The van der Waals surface area contributed by atoms with Crippen LogP contribution in [0.1, 0.15) is 52.6 Å². The zero-order chi connectivity index (χ0) is 45.4. The topological polar surface area (TPSA) is 362 Å². The molecule has 4 aromatic carbocycles. The minimum absolute atomic E-state index is 0. The van der Waals surface area contributed by atoms with Crippen LogP contribution >= 0.6 is 0 Å². The summed E-state index contributed by atoms with van der Waals surface area (Å²) in [6, 6.07) is 12.0. The van der Waals surface area contributed by atoms with Gasteiger partial charge in [-0.2, -0.15) is 10.0 Å². The fourth-order valence-corrected chi connectivity index (χ4v) is 8.92. The molecule has 0 bridgehead atoms. The van der Waals surface area contributed by atoms with Crippen LogP contribution in [-0.4, -0.2) is 75.0 Å². The third-order valence-electron chi connectivity index (χ3n) is 9.45. The Kier molecular flexibility index (Phi) is 18.1. The number of anilines is 2. The zero-order valence-corrected chi connectivity index (χ0v) is 45.3. The average Bonchev–Trinajstić information content (AvgIpc) is 3.61. The number of ketones is 4. The second-order valence-corrected chi connectivity index (χ2v) is 18.4. The number of carbonyl (C=O) groups is 4. The first-order valence-electron chi connectivity index (χ1n) is 16.6. The number of nitrogens with zero attached hydrogens (tertiary/aromatic N) is 4. The Labute approximate surface area is 461 Å². The van der Waals surface area contributed by atoms with Crippen LogP contribution in [0.15, 0.2) is 138 Å². The summed E-state index contributed by atoms with van der Waals surface area (Å²) in [6.07, 6.45) is 4.89. The van der Waals surface area contributed by atoms with Gasteiger partial charge in [-0.3, -0.25) is 19.2 Å². The molecule has 0 atom stereocenters. The van der Waals surface area contributed by atoms with Gasteiger partial charge in [-0.15, -0.1) is 9.81 Å². The van der Waals surface area contributed by atoms with Crippen molar-refractivity contribution < 1.29 is 189 Å². The molecule has 0 aromatic heterocycles. The number of para-hydroxylation sites is 1. The summed E-state index contributed by atoms with van der Waals surface area (Å²) >= 11 is 0. The second kappa shape index (κ2) is 20.9. The number of hydrogen-bond acceptors (Lipinski definition) is 20. The van der Waals surface area contributed by atoms with Gasteiger partial charge in [-0.1, -0.05) is 24.3 Å². The summed E-state index contributed by atoms with van der Waals surface area (Å²) in [5.41, 5.74) is -2.98. The van der Waals surface area contributed by atoms with Crippen molar-refractivity contribution in [3.63, 3.8) is 0 Å². The van der Waals surface area contributed by atoms with E-state index in [4.69, 9.17) is 0 Å². The zero-order valence-electron chi connectivity index (χ0n) is 34.0. The number of Topliss-reactive ketones (excluding diaryl/α,β-unsaturated/α-hetero) is 4. The summed E-state index contributed by atoms with van der Waals surface area (Å²) in [5.74, 6) is -3.62. The molecule has 0 unspecified atom stereocenters. The van der Waals surface area contributed by atoms with E-state index < -0.39 is 106 Å². The molecule has 0 fully saturated rings. The van der Waals surface area contributed by atoms with Crippen molar-refractivity contribution >= 4 is 87.1 Å². The molecular weight excluding hydrogens is 997 g/mol. The van der Waals surface area contributed by atoms with Crippen LogP contribution in [0.5, 0.6) is 0 Å². The minimum Gasteiger partial charge on any atom is -0.744 e. The monoisotopic (exact) mass is 1010 g/mol. The first-order chi connectivity index (χ1) is 28.9. The van der Waals surface area contributed by atoms with E-state index in [1.807, 2.05) is 0 Å². The quantitative estimate of drug-likeness (QED) is 0.0569. The molecule has 0 N–H and O–H groups in total. The van der Waals surface area contributed by atoms with E-state index in [9.17, 15) is 80.9 Å². The molecule has 4 aromatic rings. The molecule has 0 radical (unpaired) electrons. The molecule has 0 saturated heterocycles. The van der Waals surface area contributed by atoms with Gasteiger partial charge in [-0.05, 0) is 72.8 Å². The van der Waals surface area contributed by atoms with Gasteiger partial charge in [0.15, 0.2) is 23.1 Å². The molecule has 4 aliphatic rings. The Balaban J connectivity index is 0.000000330. The number of nitroso groups, excluding NO2 is 2. The van der Waals surface area contributed by atoms with Crippen LogP contribution in [0.4, 0.5) is 11.4 Å². The summed E-state index contributed by atoms with van der Waals surface area (Å²) in [4.78, 5) is 71.7. The average molecular weight is 1010 g/mol. The smallest absolute Gasteiger partial charge is 0.744 e. The van der Waals surface area contributed by atoms with Crippen LogP contribution in [-0.2, 0) is 40.5 Å². The Morgan fingerprint density at radius 1 is 0.424 bits per heavy atom. The van der Waals surface area contributed by atoms with Crippen molar-refractivity contribution in [2.24, 2.45) is 10.6 Å². The van der Waals surface area contributed by atoms with Crippen LogP contribution in [0.3, 0.4) is 0 Å². The van der Waals surface area contributed by atoms with Crippen LogP contribution in [0.2, 0.25) is 0 Å². The molecule has 0 saturated carbocycles. The van der Waals surface area contributed by atoms with E-state index in [1.165, 1.54) is 24.3 Å². The van der Waals surface area contributed by atoms with Crippen molar-refractivity contribution in [3.05, 3.63) is 151 Å². The predicted molar refractivity (Wildman–Crippen MR) is 204 cm³/mol. The maximum absolute atomic E-state index is 12.9. The molecule has 0 amide bonds. The van der Waals surface area contributed by atoms with Gasteiger partial charge in [0.05, 0.1) is 64.1 Å². The Morgan fingerprint density at radius 2 is 0.818 bits per heavy atom. The predicted octanol–water partition coefficient (Wildman–Crippen LogP) is -9.30. The molecule has 2 aliphatic carbocycles. The third kappa shape index (κ3) is 10.6. The van der Waals surface area contributed by atoms with Crippen molar-refractivity contribution in [1.29, 1.82) is 0 Å².